The first-order valence-electron chi connectivity index (χ1n) is 18.9. The van der Waals surface area contributed by atoms with E-state index in [1.807, 2.05) is 82.8 Å². The molecule has 0 radical (unpaired) electrons. The lowest BCUT2D eigenvalue weighted by molar-refractivity contribution is -0.127. The summed E-state index contributed by atoms with van der Waals surface area (Å²) in [6, 6.07) is 20.5. The summed E-state index contributed by atoms with van der Waals surface area (Å²) in [4.78, 5) is 39.3. The van der Waals surface area contributed by atoms with E-state index >= 15 is 0 Å². The molecule has 2 amide bonds. The minimum atomic E-state index is -1.50. The van der Waals surface area contributed by atoms with Gasteiger partial charge in [0.25, 0.3) is 0 Å². The van der Waals surface area contributed by atoms with Crippen LogP contribution in [0.15, 0.2) is 73.2 Å². The average Bonchev–Trinajstić information content (AvgIpc) is 3.70. The maximum atomic E-state index is 13.5. The second-order valence-electron chi connectivity index (χ2n) is 16.6. The molecule has 0 aliphatic heterocycles. The van der Waals surface area contributed by atoms with Crippen molar-refractivity contribution in [2.24, 2.45) is 5.92 Å². The molecular formula is C42H60N6O6. The normalized spacial score (nSPS) is 16.0. The number of aliphatic hydroxyl groups is 2. The molecule has 2 aromatic heterocycles. The van der Waals surface area contributed by atoms with Crippen molar-refractivity contribution >= 4 is 29.0 Å². The van der Waals surface area contributed by atoms with Crippen LogP contribution in [0.25, 0.3) is 22.2 Å². The molecule has 0 bridgehead atoms. The molecule has 2 aromatic carbocycles. The van der Waals surface area contributed by atoms with E-state index in [-0.39, 0.29) is 24.1 Å². The summed E-state index contributed by atoms with van der Waals surface area (Å²) in [6.07, 6.45) is 7.14. The largest absolute Gasteiger partial charge is 0.444 e. The summed E-state index contributed by atoms with van der Waals surface area (Å²) < 4.78 is 13.9. The Labute approximate surface area is 320 Å². The van der Waals surface area contributed by atoms with Crippen molar-refractivity contribution in [3.63, 3.8) is 0 Å². The molecule has 2 atom stereocenters. The monoisotopic (exact) mass is 744 g/mol. The van der Waals surface area contributed by atoms with E-state index in [0.717, 1.165) is 53.4 Å². The van der Waals surface area contributed by atoms with Crippen LogP contribution in [0.4, 0.5) is 15.4 Å². The lowest BCUT2D eigenvalue weighted by Crippen LogP contribution is -2.42. The standard InChI is InChI=1S/C39H52N6O4.C3H8O2/c1-38(2,3)48-36(46)43(23-20-28-14-9-7-10-15-28)21-13-22-44(37(47)49-39(4,5)6)25-29-18-19-31(24-29)45-26-32(30-16-11-8-12-17-30)33-34(40)41-27-42-35(33)45;1-3(2,4)5/h7-12,14-17,26-27,29,31H,13,18-25H2,1-6H3,(H2,40,41,42);4-5H,1-2H3/t29-,31+;/m1./s1. The third-order valence-electron chi connectivity index (χ3n) is 8.78. The third-order valence-corrected chi connectivity index (χ3v) is 8.78. The summed E-state index contributed by atoms with van der Waals surface area (Å²) in [5.74, 6) is -0.758. The summed E-state index contributed by atoms with van der Waals surface area (Å²) in [5, 5.41) is 17.0. The smallest absolute Gasteiger partial charge is 0.410 e. The molecule has 4 N–H and O–H groups in total. The van der Waals surface area contributed by atoms with E-state index in [4.69, 9.17) is 25.4 Å². The van der Waals surface area contributed by atoms with E-state index in [2.05, 4.69) is 45.0 Å². The van der Waals surface area contributed by atoms with Gasteiger partial charge in [0.05, 0.1) is 5.39 Å². The predicted molar refractivity (Wildman–Crippen MR) is 213 cm³/mol. The van der Waals surface area contributed by atoms with Crippen molar-refractivity contribution in [2.75, 3.05) is 31.9 Å². The van der Waals surface area contributed by atoms with Gasteiger partial charge in [-0.05, 0) is 105 Å². The van der Waals surface area contributed by atoms with E-state index in [1.54, 1.807) is 4.90 Å². The first kappa shape index (κ1) is 42.1. The van der Waals surface area contributed by atoms with E-state index in [1.165, 1.54) is 20.2 Å². The number of nitrogen functional groups attached to an aromatic ring is 1. The molecule has 5 rings (SSSR count). The zero-order chi connectivity index (χ0) is 39.7. The van der Waals surface area contributed by atoms with Crippen molar-refractivity contribution in [3.8, 4) is 11.1 Å². The second-order valence-corrected chi connectivity index (χ2v) is 16.6. The maximum Gasteiger partial charge on any atom is 0.410 e. The van der Waals surface area contributed by atoms with Gasteiger partial charge in [0.1, 0.15) is 29.0 Å². The number of amides is 2. The first-order valence-corrected chi connectivity index (χ1v) is 18.9. The Bertz CT molecular complexity index is 1790. The number of aromatic nitrogens is 3. The SMILES string of the molecule is CC(C)(C)OC(=O)N(CCCN(C[C@@H]1CC[C@H](n2cc(-c3ccccc3)c3c(N)ncnc32)C1)C(=O)OC(C)(C)C)CCc1ccccc1.CC(C)(O)O. The number of nitrogens with two attached hydrogens (primary N) is 1. The number of rotatable bonds is 11. The van der Waals surface area contributed by atoms with Crippen molar-refractivity contribution in [1.82, 2.24) is 24.3 Å². The van der Waals surface area contributed by atoms with Crippen LogP contribution >= 0.6 is 0 Å². The highest BCUT2D eigenvalue weighted by atomic mass is 16.6. The summed E-state index contributed by atoms with van der Waals surface area (Å²) in [6.45, 7) is 15.9. The van der Waals surface area contributed by atoms with Gasteiger partial charge in [-0.1, -0.05) is 60.7 Å². The van der Waals surface area contributed by atoms with Crippen molar-refractivity contribution in [2.45, 2.75) is 111 Å². The van der Waals surface area contributed by atoms with Crippen LogP contribution in [0, 0.1) is 5.92 Å². The summed E-state index contributed by atoms with van der Waals surface area (Å²) in [5.41, 5.74) is 9.25. The fourth-order valence-electron chi connectivity index (χ4n) is 6.57. The molecule has 0 unspecified atom stereocenters. The van der Waals surface area contributed by atoms with Gasteiger partial charge in [0.15, 0.2) is 5.79 Å². The summed E-state index contributed by atoms with van der Waals surface area (Å²) >= 11 is 0. The lowest BCUT2D eigenvalue weighted by atomic mass is 10.1. The fourth-order valence-corrected chi connectivity index (χ4v) is 6.57. The average molecular weight is 745 g/mol. The number of anilines is 1. The van der Waals surface area contributed by atoms with Crippen LogP contribution in [0.5, 0.6) is 0 Å². The summed E-state index contributed by atoms with van der Waals surface area (Å²) in [7, 11) is 0. The third kappa shape index (κ3) is 13.3. The quantitative estimate of drug-likeness (QED) is 0.130. The number of carbonyl (C=O) groups is 2. The van der Waals surface area contributed by atoms with Gasteiger partial charge >= 0.3 is 12.2 Å². The molecule has 0 saturated heterocycles. The minimum Gasteiger partial charge on any atom is -0.444 e. The van der Waals surface area contributed by atoms with Crippen LogP contribution < -0.4 is 5.73 Å². The van der Waals surface area contributed by atoms with E-state index in [0.29, 0.717) is 38.4 Å². The fraction of sp³-hybridized carbons (Fsp3) is 0.524. The van der Waals surface area contributed by atoms with Gasteiger partial charge in [-0.2, -0.15) is 0 Å². The van der Waals surface area contributed by atoms with Crippen LogP contribution in [-0.2, 0) is 15.9 Å². The Morgan fingerprint density at radius 3 is 1.96 bits per heavy atom. The van der Waals surface area contributed by atoms with Gasteiger partial charge < -0.3 is 39.8 Å². The molecule has 12 nitrogen and oxygen atoms in total. The van der Waals surface area contributed by atoms with Gasteiger partial charge in [-0.15, -0.1) is 0 Å². The molecule has 2 heterocycles. The van der Waals surface area contributed by atoms with E-state index < -0.39 is 17.0 Å². The van der Waals surface area contributed by atoms with Gasteiger partial charge in [-0.25, -0.2) is 19.6 Å². The number of hydrogen-bond acceptors (Lipinski definition) is 9. The molecule has 12 heteroatoms. The predicted octanol–water partition coefficient (Wildman–Crippen LogP) is 7.84. The Morgan fingerprint density at radius 2 is 1.37 bits per heavy atom. The van der Waals surface area contributed by atoms with Gasteiger partial charge in [0, 0.05) is 44.0 Å². The molecule has 54 heavy (non-hydrogen) atoms. The lowest BCUT2D eigenvalue weighted by Gasteiger charge is -2.31. The molecule has 0 spiro atoms. The Kier molecular flexibility index (Phi) is 14.1. The van der Waals surface area contributed by atoms with Crippen LogP contribution in [-0.4, -0.2) is 89.9 Å². The number of ether oxygens (including phenoxy) is 2. The Morgan fingerprint density at radius 1 is 0.815 bits per heavy atom. The molecule has 294 valence electrons. The van der Waals surface area contributed by atoms with Crippen molar-refractivity contribution < 1.29 is 29.3 Å². The topological polar surface area (TPSA) is 156 Å². The molecule has 1 aliphatic carbocycles. The highest BCUT2D eigenvalue weighted by molar-refractivity contribution is 6.00. The highest BCUT2D eigenvalue weighted by Crippen LogP contribution is 2.41. The van der Waals surface area contributed by atoms with Crippen LogP contribution in [0.1, 0.15) is 92.7 Å². The van der Waals surface area contributed by atoms with Gasteiger partial charge in [-0.3, -0.25) is 0 Å². The molecule has 1 fully saturated rings. The Hall–Kier alpha value is -4.68. The highest BCUT2D eigenvalue weighted by Gasteiger charge is 2.32. The molecule has 1 saturated carbocycles. The molecule has 4 aromatic rings. The minimum absolute atomic E-state index is 0.209. The second kappa shape index (κ2) is 18.1. The number of hydrogen-bond donors (Lipinski definition) is 3. The van der Waals surface area contributed by atoms with Gasteiger partial charge in [0.2, 0.25) is 0 Å². The zero-order valence-electron chi connectivity index (χ0n) is 33.3. The Balaban J connectivity index is 0.00000122. The maximum absolute atomic E-state index is 13.5. The number of carbonyl (C=O) groups excluding carboxylic acids is 2. The number of fused-ring (bicyclic) bond motifs is 1. The number of benzene rings is 2. The van der Waals surface area contributed by atoms with E-state index in [9.17, 15) is 9.59 Å². The number of nitrogens with zero attached hydrogens (tertiary/aromatic N) is 5. The molecular weight excluding hydrogens is 684 g/mol. The van der Waals surface area contributed by atoms with Crippen molar-refractivity contribution in [3.05, 3.63) is 78.8 Å². The zero-order valence-corrected chi connectivity index (χ0v) is 33.3. The van der Waals surface area contributed by atoms with Crippen molar-refractivity contribution in [1.29, 1.82) is 0 Å². The molecule has 1 aliphatic rings. The first-order chi connectivity index (χ1) is 25.3. The van der Waals surface area contributed by atoms with Crippen LogP contribution in [0.3, 0.4) is 0 Å². The van der Waals surface area contributed by atoms with Crippen LogP contribution in [0.2, 0.25) is 0 Å².